The Hall–Kier alpha value is -3.09. The Morgan fingerprint density at radius 2 is 1.60 bits per heavy atom. The summed E-state index contributed by atoms with van der Waals surface area (Å²) in [6, 6.07) is 10.7. The van der Waals surface area contributed by atoms with Crippen molar-refractivity contribution in [2.24, 2.45) is 0 Å². The first-order valence-electron chi connectivity index (χ1n) is 7.58. The first kappa shape index (κ1) is 16.8. The Balaban J connectivity index is 1.88. The summed E-state index contributed by atoms with van der Waals surface area (Å²) >= 11 is 0. The average molecular weight is 344 g/mol. The van der Waals surface area contributed by atoms with Crippen LogP contribution in [0.3, 0.4) is 0 Å². The van der Waals surface area contributed by atoms with E-state index in [1.54, 1.807) is 37.3 Å². The molecule has 1 atom stereocenters. The van der Waals surface area contributed by atoms with Gasteiger partial charge in [0, 0.05) is 5.56 Å². The summed E-state index contributed by atoms with van der Waals surface area (Å²) in [4.78, 5) is 38.4. The number of hydrogen-bond donors (Lipinski definition) is 0. The van der Waals surface area contributed by atoms with Gasteiger partial charge in [-0.2, -0.15) is 0 Å². The number of rotatable bonds is 4. The van der Waals surface area contributed by atoms with Crippen molar-refractivity contribution >= 4 is 17.8 Å². The molecule has 2 aromatic rings. The Morgan fingerprint density at radius 1 is 0.920 bits per heavy atom. The highest BCUT2D eigenvalue weighted by Crippen LogP contribution is 2.27. The first-order chi connectivity index (χ1) is 11.9. The van der Waals surface area contributed by atoms with Gasteiger partial charge in [0.1, 0.15) is 0 Å². The zero-order chi connectivity index (χ0) is 18.1. The molecule has 1 aliphatic rings. The maximum absolute atomic E-state index is 13.8. The van der Waals surface area contributed by atoms with Crippen LogP contribution in [0.4, 0.5) is 13.6 Å². The molecule has 0 radical (unpaired) electrons. The summed E-state index contributed by atoms with van der Waals surface area (Å²) in [6.07, 6.45) is 0. The third kappa shape index (κ3) is 2.88. The van der Waals surface area contributed by atoms with Crippen molar-refractivity contribution in [3.63, 3.8) is 0 Å². The molecule has 2 aromatic carbocycles. The SMILES string of the molecule is CC(c1ccccc1)N1C(=O)C(=O)N(Cc2cccc(F)c2F)C1=O. The number of nitrogens with zero attached hydrogens (tertiary/aromatic N) is 2. The Kier molecular flexibility index (Phi) is 4.31. The highest BCUT2D eigenvalue weighted by atomic mass is 19.2. The fraction of sp³-hybridized carbons (Fsp3) is 0.167. The minimum absolute atomic E-state index is 0.177. The van der Waals surface area contributed by atoms with Crippen LogP contribution in [0.5, 0.6) is 0 Å². The molecular formula is C18H14F2N2O3. The number of amides is 4. The molecule has 4 amide bonds. The van der Waals surface area contributed by atoms with Gasteiger partial charge in [0.25, 0.3) is 0 Å². The molecule has 0 spiro atoms. The molecule has 128 valence electrons. The number of hydrogen-bond acceptors (Lipinski definition) is 3. The second-order valence-corrected chi connectivity index (χ2v) is 5.65. The maximum atomic E-state index is 13.8. The number of imide groups is 2. The minimum Gasteiger partial charge on any atom is -0.263 e. The van der Waals surface area contributed by atoms with E-state index in [1.807, 2.05) is 0 Å². The van der Waals surface area contributed by atoms with Gasteiger partial charge in [-0.3, -0.25) is 14.5 Å². The van der Waals surface area contributed by atoms with Gasteiger partial charge in [-0.05, 0) is 18.6 Å². The van der Waals surface area contributed by atoms with Crippen molar-refractivity contribution in [2.75, 3.05) is 0 Å². The van der Waals surface area contributed by atoms with Crippen molar-refractivity contribution in [3.05, 3.63) is 71.3 Å². The molecule has 7 heteroatoms. The van der Waals surface area contributed by atoms with Gasteiger partial charge in [-0.1, -0.05) is 42.5 Å². The molecule has 1 unspecified atom stereocenters. The lowest BCUT2D eigenvalue weighted by atomic mass is 10.1. The lowest BCUT2D eigenvalue weighted by Crippen LogP contribution is -2.35. The van der Waals surface area contributed by atoms with E-state index in [2.05, 4.69) is 0 Å². The molecule has 0 saturated carbocycles. The largest absolute Gasteiger partial charge is 0.335 e. The van der Waals surface area contributed by atoms with Gasteiger partial charge >= 0.3 is 17.8 Å². The first-order valence-corrected chi connectivity index (χ1v) is 7.58. The molecule has 25 heavy (non-hydrogen) atoms. The zero-order valence-electron chi connectivity index (χ0n) is 13.3. The van der Waals surface area contributed by atoms with Crippen LogP contribution in [0, 0.1) is 11.6 Å². The third-order valence-electron chi connectivity index (χ3n) is 4.11. The topological polar surface area (TPSA) is 57.7 Å². The Morgan fingerprint density at radius 3 is 2.28 bits per heavy atom. The number of carbonyl (C=O) groups is 3. The molecule has 3 rings (SSSR count). The van der Waals surface area contributed by atoms with Crippen molar-refractivity contribution in [2.45, 2.75) is 19.5 Å². The highest BCUT2D eigenvalue weighted by molar-refractivity contribution is 6.44. The number of urea groups is 1. The van der Waals surface area contributed by atoms with Crippen molar-refractivity contribution < 1.29 is 23.2 Å². The number of benzene rings is 2. The van der Waals surface area contributed by atoms with Crippen LogP contribution in [-0.2, 0) is 16.1 Å². The molecular weight excluding hydrogens is 330 g/mol. The van der Waals surface area contributed by atoms with E-state index in [9.17, 15) is 23.2 Å². The van der Waals surface area contributed by atoms with Gasteiger partial charge in [-0.25, -0.2) is 18.5 Å². The zero-order valence-corrected chi connectivity index (χ0v) is 13.3. The third-order valence-corrected chi connectivity index (χ3v) is 4.11. The smallest absolute Gasteiger partial charge is 0.263 e. The van der Waals surface area contributed by atoms with Crippen LogP contribution >= 0.6 is 0 Å². The standard InChI is InChI=1S/C18H14F2N2O3/c1-11(12-6-3-2-4-7-12)22-17(24)16(23)21(18(22)25)10-13-8-5-9-14(19)15(13)20/h2-9,11H,10H2,1H3. The summed E-state index contributed by atoms with van der Waals surface area (Å²) in [7, 11) is 0. The van der Waals surface area contributed by atoms with E-state index in [0.717, 1.165) is 11.0 Å². The minimum atomic E-state index is -1.15. The average Bonchev–Trinajstić information content (AvgIpc) is 2.82. The quantitative estimate of drug-likeness (QED) is 0.633. The van der Waals surface area contributed by atoms with Gasteiger partial charge < -0.3 is 0 Å². The van der Waals surface area contributed by atoms with Crippen LogP contribution in [0.1, 0.15) is 24.1 Å². The van der Waals surface area contributed by atoms with E-state index in [-0.39, 0.29) is 5.56 Å². The predicted octanol–water partition coefficient (Wildman–Crippen LogP) is 3.02. The molecule has 0 aliphatic carbocycles. The van der Waals surface area contributed by atoms with E-state index in [1.165, 1.54) is 12.1 Å². The van der Waals surface area contributed by atoms with Crippen LogP contribution in [-0.4, -0.2) is 27.6 Å². The van der Waals surface area contributed by atoms with Gasteiger partial charge in [-0.15, -0.1) is 0 Å². The Bertz CT molecular complexity index is 855. The van der Waals surface area contributed by atoms with E-state index < -0.39 is 42.1 Å². The van der Waals surface area contributed by atoms with Crippen LogP contribution in [0.25, 0.3) is 0 Å². The van der Waals surface area contributed by atoms with E-state index in [0.29, 0.717) is 10.5 Å². The fourth-order valence-corrected chi connectivity index (χ4v) is 2.72. The summed E-state index contributed by atoms with van der Waals surface area (Å²) < 4.78 is 27.1. The van der Waals surface area contributed by atoms with Gasteiger partial charge in [0.05, 0.1) is 12.6 Å². The number of halogens is 2. The van der Waals surface area contributed by atoms with E-state index in [4.69, 9.17) is 0 Å². The lowest BCUT2D eigenvalue weighted by molar-refractivity contribution is -0.144. The monoisotopic (exact) mass is 344 g/mol. The normalized spacial score (nSPS) is 15.9. The molecule has 1 aliphatic heterocycles. The fourth-order valence-electron chi connectivity index (χ4n) is 2.72. The van der Waals surface area contributed by atoms with Crippen molar-refractivity contribution in [1.82, 2.24) is 9.80 Å². The van der Waals surface area contributed by atoms with Crippen molar-refractivity contribution in [1.29, 1.82) is 0 Å². The molecule has 5 nitrogen and oxygen atoms in total. The predicted molar refractivity (Wildman–Crippen MR) is 84.0 cm³/mol. The second-order valence-electron chi connectivity index (χ2n) is 5.65. The maximum Gasteiger partial charge on any atom is 0.335 e. The molecule has 1 fully saturated rings. The van der Waals surface area contributed by atoms with Crippen LogP contribution in [0.2, 0.25) is 0 Å². The van der Waals surface area contributed by atoms with Crippen LogP contribution in [0.15, 0.2) is 48.5 Å². The lowest BCUT2D eigenvalue weighted by Gasteiger charge is -2.22. The molecule has 0 bridgehead atoms. The Labute approximate surface area is 142 Å². The molecule has 0 N–H and O–H groups in total. The second kappa shape index (κ2) is 6.43. The molecule has 1 heterocycles. The molecule has 0 aromatic heterocycles. The van der Waals surface area contributed by atoms with Crippen LogP contribution < -0.4 is 0 Å². The highest BCUT2D eigenvalue weighted by Gasteiger charge is 2.47. The van der Waals surface area contributed by atoms with E-state index >= 15 is 0 Å². The molecule has 1 saturated heterocycles. The summed E-state index contributed by atoms with van der Waals surface area (Å²) in [5, 5.41) is 0. The summed E-state index contributed by atoms with van der Waals surface area (Å²) in [6.45, 7) is 1.11. The summed E-state index contributed by atoms with van der Waals surface area (Å²) in [5.74, 6) is -4.28. The number of carbonyl (C=O) groups excluding carboxylic acids is 3. The van der Waals surface area contributed by atoms with Crippen molar-refractivity contribution in [3.8, 4) is 0 Å². The van der Waals surface area contributed by atoms with Gasteiger partial charge in [0.2, 0.25) is 0 Å². The summed E-state index contributed by atoms with van der Waals surface area (Å²) in [5.41, 5.74) is 0.500. The van der Waals surface area contributed by atoms with Gasteiger partial charge in [0.15, 0.2) is 11.6 Å².